The minimum absolute atomic E-state index is 0.0467. The first-order valence-electron chi connectivity index (χ1n) is 35.0. The number of carbonyl (C=O) groups excluding carboxylic acids is 2. The number of unbranched alkanes of at least 4 members (excludes halogenated alkanes) is 25. The Morgan fingerprint density at radius 2 is 0.598 bits per heavy atom. The van der Waals surface area contributed by atoms with Crippen LogP contribution in [0.25, 0.3) is 0 Å². The fraction of sp³-hybridized carbons (Fsp3) is 0.636. The van der Waals surface area contributed by atoms with Gasteiger partial charge >= 0.3 is 19.8 Å². The lowest BCUT2D eigenvalue weighted by atomic mass is 10.0. The van der Waals surface area contributed by atoms with Gasteiger partial charge in [0.2, 0.25) is 0 Å². The Labute approximate surface area is 534 Å². The molecule has 0 radical (unpaired) electrons. The van der Waals surface area contributed by atoms with Gasteiger partial charge in [-0.15, -0.1) is 0 Å². The topological polar surface area (TPSA) is 134 Å². The van der Waals surface area contributed by atoms with Gasteiger partial charge in [0.25, 0.3) is 0 Å². The molecule has 9 nitrogen and oxygen atoms in total. The van der Waals surface area contributed by atoms with Crippen molar-refractivity contribution in [1.82, 2.24) is 0 Å². The maximum Gasteiger partial charge on any atom is 0.472 e. The lowest BCUT2D eigenvalue weighted by Crippen LogP contribution is -2.29. The smallest absolute Gasteiger partial charge is 0.462 e. The first-order chi connectivity index (χ1) is 42.8. The van der Waals surface area contributed by atoms with Crippen molar-refractivity contribution in [2.45, 2.75) is 290 Å². The highest BCUT2D eigenvalue weighted by Crippen LogP contribution is 2.43. The number of hydrogen-bond donors (Lipinski definition) is 2. The first-order valence-corrected chi connectivity index (χ1v) is 36.5. The van der Waals surface area contributed by atoms with Gasteiger partial charge in [0.15, 0.2) is 6.10 Å². The van der Waals surface area contributed by atoms with Crippen molar-refractivity contribution in [3.05, 3.63) is 158 Å². The number of nitrogens with two attached hydrogens (primary N) is 1. The van der Waals surface area contributed by atoms with Crippen molar-refractivity contribution in [3.8, 4) is 0 Å². The lowest BCUT2D eigenvalue weighted by molar-refractivity contribution is -0.161. The summed E-state index contributed by atoms with van der Waals surface area (Å²) in [5, 5.41) is 0. The Bertz CT molecular complexity index is 1980. The third kappa shape index (κ3) is 70.6. The Kier molecular flexibility index (Phi) is 67.2. The second-order valence-electron chi connectivity index (χ2n) is 22.6. The molecule has 0 heterocycles. The van der Waals surface area contributed by atoms with Crippen molar-refractivity contribution < 1.29 is 37.6 Å². The minimum Gasteiger partial charge on any atom is -0.462 e. The highest BCUT2D eigenvalue weighted by molar-refractivity contribution is 7.47. The second-order valence-corrected chi connectivity index (χ2v) is 24.1. The van der Waals surface area contributed by atoms with E-state index in [4.69, 9.17) is 24.3 Å². The van der Waals surface area contributed by atoms with Gasteiger partial charge in [-0.2, -0.15) is 0 Å². The summed E-state index contributed by atoms with van der Waals surface area (Å²) < 4.78 is 33.2. The molecule has 2 atom stereocenters. The average Bonchev–Trinajstić information content (AvgIpc) is 3.64. The zero-order valence-electron chi connectivity index (χ0n) is 55.4. The molecular weight excluding hydrogens is 1100 g/mol. The number of phosphoric ester groups is 1. The third-order valence-electron chi connectivity index (χ3n) is 14.4. The van der Waals surface area contributed by atoms with Crippen molar-refractivity contribution in [3.63, 3.8) is 0 Å². The molecule has 0 saturated heterocycles. The van der Waals surface area contributed by atoms with Gasteiger partial charge < -0.3 is 20.1 Å². The van der Waals surface area contributed by atoms with Crippen LogP contribution in [0.3, 0.4) is 0 Å². The maximum absolute atomic E-state index is 12.8. The highest BCUT2D eigenvalue weighted by atomic mass is 31.2. The zero-order valence-corrected chi connectivity index (χ0v) is 56.3. The van der Waals surface area contributed by atoms with Crippen molar-refractivity contribution in [2.24, 2.45) is 5.73 Å². The fourth-order valence-corrected chi connectivity index (χ4v) is 10.1. The van der Waals surface area contributed by atoms with Crippen LogP contribution in [0.1, 0.15) is 284 Å². The van der Waals surface area contributed by atoms with E-state index in [9.17, 15) is 19.0 Å². The van der Waals surface area contributed by atoms with Crippen LogP contribution in [-0.4, -0.2) is 49.3 Å². The van der Waals surface area contributed by atoms with E-state index in [1.165, 1.54) is 116 Å². The Balaban J connectivity index is 3.92. The van der Waals surface area contributed by atoms with Gasteiger partial charge in [-0.05, 0) is 122 Å². The van der Waals surface area contributed by atoms with Crippen LogP contribution in [0.5, 0.6) is 0 Å². The van der Waals surface area contributed by atoms with E-state index in [1.54, 1.807) is 0 Å². The van der Waals surface area contributed by atoms with Crippen molar-refractivity contribution in [1.29, 1.82) is 0 Å². The minimum atomic E-state index is -4.40. The number of esters is 2. The largest absolute Gasteiger partial charge is 0.472 e. The third-order valence-corrected chi connectivity index (χ3v) is 15.4. The molecule has 0 aliphatic rings. The van der Waals surface area contributed by atoms with Gasteiger partial charge in [-0.25, -0.2) is 4.57 Å². The number of ether oxygens (including phenoxy) is 2. The second kappa shape index (κ2) is 70.7. The number of hydrogen-bond acceptors (Lipinski definition) is 8. The highest BCUT2D eigenvalue weighted by Gasteiger charge is 2.26. The molecule has 0 aromatic carbocycles. The molecule has 0 spiro atoms. The van der Waals surface area contributed by atoms with Gasteiger partial charge in [-0.3, -0.25) is 18.6 Å². The summed E-state index contributed by atoms with van der Waals surface area (Å²) in [4.78, 5) is 35.4. The summed E-state index contributed by atoms with van der Waals surface area (Å²) in [5.41, 5.74) is 5.40. The van der Waals surface area contributed by atoms with E-state index >= 15 is 0 Å². The van der Waals surface area contributed by atoms with Crippen molar-refractivity contribution >= 4 is 19.8 Å². The molecule has 0 aliphatic carbocycles. The van der Waals surface area contributed by atoms with Crippen LogP contribution >= 0.6 is 7.82 Å². The lowest BCUT2D eigenvalue weighted by Gasteiger charge is -2.19. The van der Waals surface area contributed by atoms with E-state index in [2.05, 4.69) is 172 Å². The van der Waals surface area contributed by atoms with E-state index in [0.717, 1.165) is 135 Å². The molecule has 0 saturated carbocycles. The summed E-state index contributed by atoms with van der Waals surface area (Å²) in [6.07, 6.45) is 103. The Hall–Kier alpha value is -4.37. The molecule has 0 fully saturated rings. The van der Waals surface area contributed by atoms with Crippen LogP contribution in [0.4, 0.5) is 0 Å². The number of phosphoric acid groups is 1. The molecule has 0 rings (SSSR count). The fourth-order valence-electron chi connectivity index (χ4n) is 9.33. The van der Waals surface area contributed by atoms with Crippen LogP contribution in [0, 0.1) is 0 Å². The molecule has 0 amide bonds. The summed E-state index contributed by atoms with van der Waals surface area (Å²) >= 11 is 0. The molecule has 0 aliphatic heterocycles. The summed E-state index contributed by atoms with van der Waals surface area (Å²) in [5.74, 6) is -0.834. The first kappa shape index (κ1) is 82.6. The van der Waals surface area contributed by atoms with Crippen LogP contribution in [0.15, 0.2) is 158 Å². The summed E-state index contributed by atoms with van der Waals surface area (Å²) in [6, 6.07) is 0. The Morgan fingerprint density at radius 1 is 0.345 bits per heavy atom. The van der Waals surface area contributed by atoms with E-state index < -0.39 is 26.5 Å². The molecule has 0 bridgehead atoms. The van der Waals surface area contributed by atoms with Gasteiger partial charge in [0.1, 0.15) is 6.61 Å². The predicted octanol–water partition coefficient (Wildman–Crippen LogP) is 23.2. The van der Waals surface area contributed by atoms with Crippen LogP contribution in [-0.2, 0) is 32.7 Å². The molecular formula is C77H128NO8P. The summed E-state index contributed by atoms with van der Waals surface area (Å²) in [6.45, 7) is 3.52. The zero-order chi connectivity index (χ0) is 63.0. The van der Waals surface area contributed by atoms with Gasteiger partial charge in [0, 0.05) is 19.4 Å². The SMILES string of the molecule is CC/C=C\C/C=C\C/C=C\C/C=C\C/C=C\C/C=C\C/C=C\C/C=C\CCCCCCCCCCCCCCCCC(=O)OC(COC(=O)CCCCCCCCCCCCC/C=C\C/C=C\C/C=C\C/C=C\C/C=C\CC)COP(=O)(O)OCCN. The molecule has 494 valence electrons. The van der Waals surface area contributed by atoms with Crippen LogP contribution in [0.2, 0.25) is 0 Å². The van der Waals surface area contributed by atoms with E-state index in [0.29, 0.717) is 6.42 Å². The Morgan fingerprint density at radius 3 is 0.885 bits per heavy atom. The number of allylic oxidation sites excluding steroid dienone is 26. The number of rotatable bonds is 64. The van der Waals surface area contributed by atoms with E-state index in [-0.39, 0.29) is 38.6 Å². The molecule has 3 N–H and O–H groups in total. The van der Waals surface area contributed by atoms with Crippen molar-refractivity contribution in [2.75, 3.05) is 26.4 Å². The normalized spacial score (nSPS) is 13.9. The molecule has 0 aromatic heterocycles. The molecule has 0 aromatic rings. The molecule has 87 heavy (non-hydrogen) atoms. The van der Waals surface area contributed by atoms with Gasteiger partial charge in [-0.1, -0.05) is 307 Å². The molecule has 2 unspecified atom stereocenters. The monoisotopic (exact) mass is 1230 g/mol. The molecule has 10 heteroatoms. The van der Waals surface area contributed by atoms with Crippen LogP contribution < -0.4 is 5.73 Å². The van der Waals surface area contributed by atoms with E-state index in [1.807, 2.05) is 0 Å². The summed E-state index contributed by atoms with van der Waals surface area (Å²) in [7, 11) is -4.40. The predicted molar refractivity (Wildman–Crippen MR) is 376 cm³/mol. The maximum atomic E-state index is 12.8. The standard InChI is InChI=1S/C77H128NO8P/c1-3-5-7-9-11-13-15-17-19-21-23-25-27-29-31-32-33-34-35-36-37-38-39-40-41-42-44-46-48-50-52-54-56-58-60-62-64-66-68-70-77(80)86-75(74-85-87(81,82)84-72-71-78)73-83-76(79)69-67-65-63-61-59-57-55-53-51-49-47-45-43-30-28-26-24-22-20-18-16-14-12-10-8-6-4-2/h5-8,11-14,17-20,23-26,29-31,33-34,36-37,39-40,43,75H,3-4,9-10,15-16,21-22,27-28,32,35,38,41-42,44-74,78H2,1-2H3,(H,81,82)/b7-5-,8-6-,13-11-,14-12-,19-17-,20-18-,25-23-,26-24-,31-29-,34-33-,37-36-,40-39-,43-30-. The number of carbonyl (C=O) groups is 2. The van der Waals surface area contributed by atoms with Gasteiger partial charge in [0.05, 0.1) is 13.2 Å². The quantitative estimate of drug-likeness (QED) is 0.0264. The average molecular weight is 1230 g/mol.